The topological polar surface area (TPSA) is 36.4 Å². The van der Waals surface area contributed by atoms with Gasteiger partial charge < -0.3 is 4.90 Å². The molecule has 0 atom stereocenters. The van der Waals surface area contributed by atoms with E-state index in [1.165, 1.54) is 5.56 Å². The van der Waals surface area contributed by atoms with Crippen LogP contribution >= 0.6 is 0 Å². The molecule has 0 bridgehead atoms. The van der Waals surface area contributed by atoms with Crippen molar-refractivity contribution in [2.45, 2.75) is 26.3 Å². The third-order valence-corrected chi connectivity index (χ3v) is 7.12. The first-order valence-electron chi connectivity index (χ1n) is 12.7. The van der Waals surface area contributed by atoms with Crippen LogP contribution in [0.2, 0.25) is 0 Å². The molecule has 35 heavy (non-hydrogen) atoms. The Kier molecular flexibility index (Phi) is 7.20. The predicted octanol–water partition coefficient (Wildman–Crippen LogP) is 6.28. The minimum Gasteiger partial charge on any atom is -0.339 e. The Labute approximate surface area is 208 Å². The highest BCUT2D eigenvalue weighted by Crippen LogP contribution is 2.27. The van der Waals surface area contributed by atoms with Crippen LogP contribution in [-0.4, -0.2) is 46.9 Å². The van der Waals surface area contributed by atoms with Crippen LogP contribution in [-0.2, 0) is 6.54 Å². The quantitative estimate of drug-likeness (QED) is 0.324. The summed E-state index contributed by atoms with van der Waals surface area (Å²) in [6.07, 6.45) is 2.26. The molecular formula is C31H33N3O. The second-order valence-corrected chi connectivity index (χ2v) is 9.49. The van der Waals surface area contributed by atoms with Crippen molar-refractivity contribution in [1.29, 1.82) is 0 Å². The zero-order valence-corrected chi connectivity index (χ0v) is 20.4. The average molecular weight is 464 g/mol. The van der Waals surface area contributed by atoms with Crippen molar-refractivity contribution >= 4 is 16.8 Å². The monoisotopic (exact) mass is 463 g/mol. The van der Waals surface area contributed by atoms with E-state index in [-0.39, 0.29) is 5.91 Å². The van der Waals surface area contributed by atoms with Crippen molar-refractivity contribution in [3.8, 4) is 11.3 Å². The molecule has 5 rings (SSSR count). The minimum atomic E-state index is 0.106. The molecular weight excluding hydrogens is 430 g/mol. The van der Waals surface area contributed by atoms with Gasteiger partial charge >= 0.3 is 0 Å². The molecule has 1 aromatic heterocycles. The zero-order chi connectivity index (χ0) is 24.0. The van der Waals surface area contributed by atoms with Crippen molar-refractivity contribution in [3.63, 3.8) is 0 Å². The van der Waals surface area contributed by atoms with E-state index in [9.17, 15) is 4.79 Å². The van der Waals surface area contributed by atoms with Crippen molar-refractivity contribution in [2.24, 2.45) is 5.92 Å². The smallest absolute Gasteiger partial charge is 0.254 e. The number of hydrogen-bond donors (Lipinski definition) is 0. The van der Waals surface area contributed by atoms with Crippen LogP contribution in [0.25, 0.3) is 22.2 Å². The van der Waals surface area contributed by atoms with Gasteiger partial charge in [-0.05, 0) is 56.5 Å². The average Bonchev–Trinajstić information content (AvgIpc) is 2.92. The van der Waals surface area contributed by atoms with E-state index in [0.717, 1.165) is 66.7 Å². The van der Waals surface area contributed by atoms with Crippen LogP contribution in [0.1, 0.15) is 35.7 Å². The minimum absolute atomic E-state index is 0.106. The summed E-state index contributed by atoms with van der Waals surface area (Å²) in [6.45, 7) is 6.79. The standard InChI is InChI=1S/C31H33N3O/c1-2-34(23-25-17-19-33(20-18-25)22-24-11-5-3-6-12-24)31(35)28-21-30(26-13-7-4-8-14-26)32-29-16-10-9-15-27(28)29/h3-16,21,25H,2,17-20,22-23H2,1H3. The summed E-state index contributed by atoms with van der Waals surface area (Å²) >= 11 is 0. The summed E-state index contributed by atoms with van der Waals surface area (Å²) in [5, 5.41) is 0.924. The van der Waals surface area contributed by atoms with Gasteiger partial charge in [-0.3, -0.25) is 9.69 Å². The fraction of sp³-hybridized carbons (Fsp3) is 0.290. The molecule has 4 heteroatoms. The number of nitrogens with zero attached hydrogens (tertiary/aromatic N) is 3. The van der Waals surface area contributed by atoms with Gasteiger partial charge in [-0.1, -0.05) is 78.9 Å². The normalized spacial score (nSPS) is 14.8. The number of piperidine rings is 1. The van der Waals surface area contributed by atoms with Crippen molar-refractivity contribution < 1.29 is 4.79 Å². The van der Waals surface area contributed by atoms with E-state index < -0.39 is 0 Å². The van der Waals surface area contributed by atoms with Gasteiger partial charge in [-0.25, -0.2) is 4.98 Å². The summed E-state index contributed by atoms with van der Waals surface area (Å²) in [7, 11) is 0. The molecule has 4 nitrogen and oxygen atoms in total. The van der Waals surface area contributed by atoms with Crippen molar-refractivity contribution in [1.82, 2.24) is 14.8 Å². The molecule has 0 unspecified atom stereocenters. The van der Waals surface area contributed by atoms with Gasteiger partial charge in [0.15, 0.2) is 0 Å². The van der Waals surface area contributed by atoms with E-state index in [1.54, 1.807) is 0 Å². The maximum atomic E-state index is 13.8. The molecule has 0 spiro atoms. The number of para-hydroxylation sites is 1. The van der Waals surface area contributed by atoms with Crippen LogP contribution in [0.4, 0.5) is 0 Å². The van der Waals surface area contributed by atoms with Gasteiger partial charge in [0.05, 0.1) is 16.8 Å². The lowest BCUT2D eigenvalue weighted by Gasteiger charge is -2.34. The van der Waals surface area contributed by atoms with Gasteiger partial charge in [0.2, 0.25) is 0 Å². The van der Waals surface area contributed by atoms with Crippen LogP contribution in [0, 0.1) is 5.92 Å². The summed E-state index contributed by atoms with van der Waals surface area (Å²) in [4.78, 5) is 23.3. The Hall–Kier alpha value is -3.50. The molecule has 1 fully saturated rings. The Morgan fingerprint density at radius 3 is 2.29 bits per heavy atom. The number of amides is 1. The molecule has 0 radical (unpaired) electrons. The summed E-state index contributed by atoms with van der Waals surface area (Å²) in [6, 6.07) is 30.8. The highest BCUT2D eigenvalue weighted by atomic mass is 16.2. The lowest BCUT2D eigenvalue weighted by molar-refractivity contribution is 0.0700. The first-order chi connectivity index (χ1) is 17.2. The summed E-state index contributed by atoms with van der Waals surface area (Å²) in [5.74, 6) is 0.641. The first-order valence-corrected chi connectivity index (χ1v) is 12.7. The number of hydrogen-bond acceptors (Lipinski definition) is 3. The largest absolute Gasteiger partial charge is 0.339 e. The third-order valence-electron chi connectivity index (χ3n) is 7.12. The molecule has 0 aliphatic carbocycles. The molecule has 1 aliphatic heterocycles. The number of fused-ring (bicyclic) bond motifs is 1. The fourth-order valence-corrected chi connectivity index (χ4v) is 5.12. The molecule has 4 aromatic rings. The number of benzene rings is 3. The number of aromatic nitrogens is 1. The Morgan fingerprint density at radius 2 is 1.57 bits per heavy atom. The molecule has 3 aromatic carbocycles. The molecule has 178 valence electrons. The lowest BCUT2D eigenvalue weighted by Crippen LogP contribution is -2.40. The maximum absolute atomic E-state index is 13.8. The summed E-state index contributed by atoms with van der Waals surface area (Å²) in [5.41, 5.74) is 4.86. The second-order valence-electron chi connectivity index (χ2n) is 9.49. The molecule has 1 amide bonds. The number of rotatable bonds is 7. The molecule has 0 saturated carbocycles. The fourth-order valence-electron chi connectivity index (χ4n) is 5.12. The van der Waals surface area contributed by atoms with E-state index in [2.05, 4.69) is 42.2 Å². The third kappa shape index (κ3) is 5.44. The molecule has 2 heterocycles. The summed E-state index contributed by atoms with van der Waals surface area (Å²) < 4.78 is 0. The van der Waals surface area contributed by atoms with Gasteiger partial charge in [0.25, 0.3) is 5.91 Å². The molecule has 1 aliphatic rings. The van der Waals surface area contributed by atoms with Crippen LogP contribution in [0.3, 0.4) is 0 Å². The predicted molar refractivity (Wildman–Crippen MR) is 143 cm³/mol. The number of likely N-dealkylation sites (tertiary alicyclic amines) is 1. The van der Waals surface area contributed by atoms with Crippen LogP contribution in [0.5, 0.6) is 0 Å². The maximum Gasteiger partial charge on any atom is 0.254 e. The molecule has 0 N–H and O–H groups in total. The number of carbonyl (C=O) groups excluding carboxylic acids is 1. The van der Waals surface area contributed by atoms with Gasteiger partial charge in [-0.15, -0.1) is 0 Å². The number of pyridine rings is 1. The van der Waals surface area contributed by atoms with E-state index in [0.29, 0.717) is 12.5 Å². The van der Waals surface area contributed by atoms with Gasteiger partial charge in [0.1, 0.15) is 0 Å². The Balaban J connectivity index is 1.31. The van der Waals surface area contributed by atoms with E-state index in [4.69, 9.17) is 4.98 Å². The van der Waals surface area contributed by atoms with Gasteiger partial charge in [-0.2, -0.15) is 0 Å². The Bertz CT molecular complexity index is 1260. The van der Waals surface area contributed by atoms with Crippen LogP contribution in [0.15, 0.2) is 91.0 Å². The SMILES string of the molecule is CCN(CC1CCN(Cc2ccccc2)CC1)C(=O)c1cc(-c2ccccc2)nc2ccccc12. The highest BCUT2D eigenvalue weighted by Gasteiger charge is 2.25. The van der Waals surface area contributed by atoms with Crippen molar-refractivity contribution in [3.05, 3.63) is 102 Å². The zero-order valence-electron chi connectivity index (χ0n) is 20.4. The van der Waals surface area contributed by atoms with Gasteiger partial charge in [0, 0.05) is 30.6 Å². The number of carbonyl (C=O) groups is 1. The second kappa shape index (κ2) is 10.8. The Morgan fingerprint density at radius 1 is 0.914 bits per heavy atom. The first kappa shape index (κ1) is 23.3. The van der Waals surface area contributed by atoms with E-state index >= 15 is 0 Å². The van der Waals surface area contributed by atoms with E-state index in [1.807, 2.05) is 65.6 Å². The highest BCUT2D eigenvalue weighted by molar-refractivity contribution is 6.07. The lowest BCUT2D eigenvalue weighted by atomic mass is 9.95. The van der Waals surface area contributed by atoms with Crippen LogP contribution < -0.4 is 0 Å². The van der Waals surface area contributed by atoms with Crippen molar-refractivity contribution in [2.75, 3.05) is 26.2 Å². The molecule has 1 saturated heterocycles.